The molecule has 1 aliphatic heterocycles. The molecule has 1 unspecified atom stereocenters. The van der Waals surface area contributed by atoms with Gasteiger partial charge in [0, 0.05) is 0 Å². The summed E-state index contributed by atoms with van der Waals surface area (Å²) in [6.45, 7) is 0. The third kappa shape index (κ3) is 0.983. The highest BCUT2D eigenvalue weighted by atomic mass is 35.5. The third-order valence-corrected chi connectivity index (χ3v) is 1.94. The van der Waals surface area contributed by atoms with Gasteiger partial charge in [-0.2, -0.15) is 0 Å². The molecule has 0 N–H and O–H groups in total. The van der Waals surface area contributed by atoms with Gasteiger partial charge in [-0.1, -0.05) is 0 Å². The second-order valence-electron chi connectivity index (χ2n) is 1.16. The number of alkyl halides is 1. The first-order valence-corrected chi connectivity index (χ1v) is 3.18. The molecule has 1 aliphatic rings. The van der Waals surface area contributed by atoms with Gasteiger partial charge >= 0.3 is 0 Å². The Balaban J connectivity index is 2.62. The number of allylic oxidation sites excluding steroid dienone is 1. The summed E-state index contributed by atoms with van der Waals surface area (Å²) in [6.07, 6.45) is 1.49. The van der Waals surface area contributed by atoms with Crippen molar-refractivity contribution in [1.29, 1.82) is 0 Å². The van der Waals surface area contributed by atoms with Crippen LogP contribution in [0.15, 0.2) is 11.5 Å². The smallest absolute Gasteiger partial charge is 0.184 e. The van der Waals surface area contributed by atoms with Crippen LogP contribution < -0.4 is 0 Å². The summed E-state index contributed by atoms with van der Waals surface area (Å²) in [6, 6.07) is 0. The fourth-order valence-electron chi connectivity index (χ4n) is 0.318. The van der Waals surface area contributed by atoms with Crippen LogP contribution in [0, 0.1) is 0 Å². The molecule has 0 fully saturated rings. The minimum absolute atomic E-state index is 0.00617. The molecule has 0 aromatic carbocycles. The summed E-state index contributed by atoms with van der Waals surface area (Å²) in [5.41, 5.74) is 0. The molecule has 0 aromatic heterocycles. The largest absolute Gasteiger partial charge is 0.292 e. The maximum absolute atomic E-state index is 10.3. The number of hydrogen-bond acceptors (Lipinski definition) is 2. The highest BCUT2D eigenvalue weighted by Crippen LogP contribution is 2.23. The third-order valence-electron chi connectivity index (χ3n) is 0.654. The summed E-state index contributed by atoms with van der Waals surface area (Å²) in [4.78, 5) is 10.3. The number of carbonyl (C=O) groups excluding carboxylic acids is 1. The van der Waals surface area contributed by atoms with E-state index in [4.69, 9.17) is 11.6 Å². The molecular formula is C4H3ClOS. The summed E-state index contributed by atoms with van der Waals surface area (Å²) in [5, 5.41) is 1.71. The fourth-order valence-corrected chi connectivity index (χ4v) is 1.13. The summed E-state index contributed by atoms with van der Waals surface area (Å²) < 4.78 is -0.347. The van der Waals surface area contributed by atoms with Crippen molar-refractivity contribution in [3.8, 4) is 0 Å². The highest BCUT2D eigenvalue weighted by Gasteiger charge is 2.15. The van der Waals surface area contributed by atoms with E-state index in [1.54, 1.807) is 5.41 Å². The van der Waals surface area contributed by atoms with Crippen molar-refractivity contribution in [1.82, 2.24) is 0 Å². The van der Waals surface area contributed by atoms with Crippen LogP contribution in [0.3, 0.4) is 0 Å². The van der Waals surface area contributed by atoms with Crippen molar-refractivity contribution in [3.05, 3.63) is 11.5 Å². The molecular weight excluding hydrogens is 132 g/mol. The lowest BCUT2D eigenvalue weighted by molar-refractivity contribution is -0.112. The number of hydrogen-bond donors (Lipinski definition) is 0. The molecule has 1 nitrogen and oxygen atoms in total. The average molecular weight is 135 g/mol. The first kappa shape index (κ1) is 5.19. The monoisotopic (exact) mass is 134 g/mol. The fraction of sp³-hybridized carbons (Fsp3) is 0.250. The van der Waals surface area contributed by atoms with E-state index in [2.05, 4.69) is 0 Å². The van der Waals surface area contributed by atoms with Crippen LogP contribution in [0.2, 0.25) is 0 Å². The highest BCUT2D eigenvalue weighted by molar-refractivity contribution is 8.05. The van der Waals surface area contributed by atoms with Crippen LogP contribution in [0.5, 0.6) is 0 Å². The standard InChI is InChI=1S/C4H3ClOS/c5-4-3(6)1-2-7-4/h1-2,4H. The minimum Gasteiger partial charge on any atom is -0.292 e. The van der Waals surface area contributed by atoms with Gasteiger partial charge in [0.15, 0.2) is 5.78 Å². The Morgan fingerprint density at radius 2 is 2.57 bits per heavy atom. The SMILES string of the molecule is O=C1C=CSC1Cl. The van der Waals surface area contributed by atoms with Gasteiger partial charge in [0.1, 0.15) is 4.71 Å². The zero-order valence-electron chi connectivity index (χ0n) is 3.43. The van der Waals surface area contributed by atoms with Crippen molar-refractivity contribution in [3.63, 3.8) is 0 Å². The Morgan fingerprint density at radius 1 is 1.86 bits per heavy atom. The first-order valence-electron chi connectivity index (χ1n) is 1.80. The zero-order valence-corrected chi connectivity index (χ0v) is 5.00. The summed E-state index contributed by atoms with van der Waals surface area (Å²) >= 11 is 6.75. The predicted molar refractivity (Wildman–Crippen MR) is 31.4 cm³/mol. The second kappa shape index (κ2) is 1.88. The second-order valence-corrected chi connectivity index (χ2v) is 2.87. The van der Waals surface area contributed by atoms with E-state index in [0.717, 1.165) is 0 Å². The van der Waals surface area contributed by atoms with Gasteiger partial charge in [-0.25, -0.2) is 0 Å². The van der Waals surface area contributed by atoms with Crippen LogP contribution in [0.1, 0.15) is 0 Å². The molecule has 1 rings (SSSR count). The lowest BCUT2D eigenvalue weighted by Crippen LogP contribution is -1.99. The molecule has 38 valence electrons. The molecule has 0 bridgehead atoms. The van der Waals surface area contributed by atoms with Crippen LogP contribution in [-0.4, -0.2) is 10.5 Å². The molecule has 0 aromatic rings. The van der Waals surface area contributed by atoms with Crippen molar-refractivity contribution in [2.75, 3.05) is 0 Å². The van der Waals surface area contributed by atoms with Gasteiger partial charge in [-0.3, -0.25) is 4.79 Å². The molecule has 0 radical (unpaired) electrons. The number of ketones is 1. The Bertz CT molecular complexity index is 121. The Hall–Kier alpha value is 0.0500. The van der Waals surface area contributed by atoms with Gasteiger partial charge in [-0.05, 0) is 11.5 Å². The van der Waals surface area contributed by atoms with Crippen molar-refractivity contribution < 1.29 is 4.79 Å². The number of carbonyl (C=O) groups is 1. The van der Waals surface area contributed by atoms with Crippen molar-refractivity contribution >= 4 is 29.1 Å². The summed E-state index contributed by atoms with van der Waals surface area (Å²) in [5.74, 6) is 0.00617. The van der Waals surface area contributed by atoms with Crippen LogP contribution in [0.25, 0.3) is 0 Å². The molecule has 3 heteroatoms. The van der Waals surface area contributed by atoms with Gasteiger partial charge in [0.2, 0.25) is 0 Å². The molecule has 1 heterocycles. The van der Waals surface area contributed by atoms with Crippen LogP contribution >= 0.6 is 23.4 Å². The molecule has 0 saturated carbocycles. The van der Waals surface area contributed by atoms with E-state index < -0.39 is 0 Å². The molecule has 0 saturated heterocycles. The topological polar surface area (TPSA) is 17.1 Å². The van der Waals surface area contributed by atoms with Gasteiger partial charge in [0.25, 0.3) is 0 Å². The van der Waals surface area contributed by atoms with E-state index >= 15 is 0 Å². The van der Waals surface area contributed by atoms with Crippen molar-refractivity contribution in [2.24, 2.45) is 0 Å². The Kier molecular flexibility index (Phi) is 1.40. The van der Waals surface area contributed by atoms with Crippen molar-refractivity contribution in [2.45, 2.75) is 4.71 Å². The van der Waals surface area contributed by atoms with Gasteiger partial charge in [-0.15, -0.1) is 23.4 Å². The Labute approximate surface area is 50.7 Å². The number of halogens is 1. The molecule has 0 spiro atoms. The average Bonchev–Trinajstić information content (AvgIpc) is 1.91. The minimum atomic E-state index is -0.347. The maximum atomic E-state index is 10.3. The van der Waals surface area contributed by atoms with Crippen LogP contribution in [0.4, 0.5) is 0 Å². The normalized spacial score (nSPS) is 29.3. The van der Waals surface area contributed by atoms with E-state index in [9.17, 15) is 4.79 Å². The lowest BCUT2D eigenvalue weighted by atomic mass is 10.5. The van der Waals surface area contributed by atoms with E-state index in [1.807, 2.05) is 0 Å². The molecule has 1 atom stereocenters. The molecule has 0 amide bonds. The Morgan fingerprint density at radius 3 is 2.71 bits per heavy atom. The van der Waals surface area contributed by atoms with Gasteiger partial charge < -0.3 is 0 Å². The predicted octanol–water partition coefficient (Wildman–Crippen LogP) is 1.38. The molecule has 0 aliphatic carbocycles. The lowest BCUT2D eigenvalue weighted by Gasteiger charge is -1.88. The zero-order chi connectivity index (χ0) is 5.28. The van der Waals surface area contributed by atoms with E-state index in [1.165, 1.54) is 17.8 Å². The molecule has 7 heavy (non-hydrogen) atoms. The number of thioether (sulfide) groups is 1. The number of rotatable bonds is 0. The van der Waals surface area contributed by atoms with Gasteiger partial charge in [0.05, 0.1) is 0 Å². The quantitative estimate of drug-likeness (QED) is 0.466. The van der Waals surface area contributed by atoms with Crippen LogP contribution in [-0.2, 0) is 4.79 Å². The summed E-state index contributed by atoms with van der Waals surface area (Å²) in [7, 11) is 0. The first-order chi connectivity index (χ1) is 3.30. The van der Waals surface area contributed by atoms with E-state index in [-0.39, 0.29) is 10.5 Å². The maximum Gasteiger partial charge on any atom is 0.184 e. The van der Waals surface area contributed by atoms with E-state index in [0.29, 0.717) is 0 Å².